The third kappa shape index (κ3) is 4.12. The van der Waals surface area contributed by atoms with E-state index in [0.717, 1.165) is 5.56 Å². The second kappa shape index (κ2) is 8.60. The second-order valence-electron chi connectivity index (χ2n) is 7.91. The molecule has 0 saturated heterocycles. The molecule has 0 unspecified atom stereocenters. The van der Waals surface area contributed by atoms with Crippen LogP contribution in [0.15, 0.2) is 47.4 Å². The van der Waals surface area contributed by atoms with Crippen molar-refractivity contribution in [3.63, 3.8) is 0 Å². The maximum Gasteiger partial charge on any atom is 0.246 e. The monoisotopic (exact) mass is 428 g/mol. The normalized spacial score (nSPS) is 15.6. The molecule has 1 saturated carbocycles. The molecule has 0 spiro atoms. The van der Waals surface area contributed by atoms with Crippen LogP contribution < -0.4 is 10.6 Å². The molecule has 2 aromatic rings. The van der Waals surface area contributed by atoms with Gasteiger partial charge in [0.05, 0.1) is 4.90 Å². The van der Waals surface area contributed by atoms with Crippen LogP contribution in [0.5, 0.6) is 0 Å². The van der Waals surface area contributed by atoms with E-state index in [-0.39, 0.29) is 10.8 Å². The number of rotatable bonds is 6. The number of aryl methyl sites for hydroxylation is 2. The maximum absolute atomic E-state index is 13.7. The van der Waals surface area contributed by atoms with E-state index in [1.807, 2.05) is 13.0 Å². The number of carbonyl (C=O) groups is 2. The lowest BCUT2D eigenvalue weighted by Gasteiger charge is -2.28. The SMILES string of the molecule is CCC(=O)Nc1ccc(NC(=O)C2(S(=O)(=O)c3cc(C)ccc3C)CCCC2)cc1. The number of hydrogen-bond donors (Lipinski definition) is 2. The third-order valence-corrected chi connectivity index (χ3v) is 8.36. The van der Waals surface area contributed by atoms with Gasteiger partial charge in [0.15, 0.2) is 14.6 Å². The summed E-state index contributed by atoms with van der Waals surface area (Å²) in [7, 11) is -3.87. The molecule has 0 atom stereocenters. The highest BCUT2D eigenvalue weighted by molar-refractivity contribution is 7.93. The van der Waals surface area contributed by atoms with Gasteiger partial charge >= 0.3 is 0 Å². The average Bonchev–Trinajstić information content (AvgIpc) is 3.23. The predicted octanol–water partition coefficient (Wildman–Crippen LogP) is 4.38. The first-order valence-corrected chi connectivity index (χ1v) is 11.7. The zero-order chi connectivity index (χ0) is 21.9. The number of hydrogen-bond acceptors (Lipinski definition) is 4. The number of carbonyl (C=O) groups excluding carboxylic acids is 2. The fourth-order valence-corrected chi connectivity index (χ4v) is 6.28. The quantitative estimate of drug-likeness (QED) is 0.714. The number of anilines is 2. The molecule has 0 aliphatic heterocycles. The predicted molar refractivity (Wildman–Crippen MR) is 118 cm³/mol. The van der Waals surface area contributed by atoms with Crippen molar-refractivity contribution >= 4 is 33.0 Å². The van der Waals surface area contributed by atoms with Crippen molar-refractivity contribution < 1.29 is 18.0 Å². The van der Waals surface area contributed by atoms with E-state index in [9.17, 15) is 18.0 Å². The molecule has 1 aliphatic rings. The first-order valence-electron chi connectivity index (χ1n) is 10.2. The van der Waals surface area contributed by atoms with Gasteiger partial charge in [0, 0.05) is 17.8 Å². The molecule has 0 aromatic heterocycles. The molecule has 0 bridgehead atoms. The topological polar surface area (TPSA) is 92.3 Å². The number of nitrogens with one attached hydrogen (secondary N) is 2. The molecule has 3 rings (SSSR count). The number of sulfone groups is 1. The van der Waals surface area contributed by atoms with Gasteiger partial charge in [-0.1, -0.05) is 31.9 Å². The highest BCUT2D eigenvalue weighted by atomic mass is 32.2. The molecule has 30 heavy (non-hydrogen) atoms. The fourth-order valence-electron chi connectivity index (χ4n) is 3.90. The van der Waals surface area contributed by atoms with Gasteiger partial charge < -0.3 is 10.6 Å². The van der Waals surface area contributed by atoms with Crippen LogP contribution in [0.1, 0.15) is 50.2 Å². The number of amides is 2. The van der Waals surface area contributed by atoms with E-state index >= 15 is 0 Å². The van der Waals surface area contributed by atoms with Crippen LogP contribution in [-0.4, -0.2) is 25.0 Å². The van der Waals surface area contributed by atoms with Crippen molar-refractivity contribution in [3.05, 3.63) is 53.6 Å². The molecule has 2 aromatic carbocycles. The van der Waals surface area contributed by atoms with Crippen molar-refractivity contribution in [1.82, 2.24) is 0 Å². The Morgan fingerprint density at radius 1 is 0.933 bits per heavy atom. The third-order valence-electron chi connectivity index (χ3n) is 5.72. The Labute approximate surface area is 178 Å². The summed E-state index contributed by atoms with van der Waals surface area (Å²) in [6.45, 7) is 5.37. The molecule has 1 fully saturated rings. The van der Waals surface area contributed by atoms with Gasteiger partial charge in [0.25, 0.3) is 0 Å². The molecule has 0 heterocycles. The molecule has 0 radical (unpaired) electrons. The summed E-state index contributed by atoms with van der Waals surface area (Å²) in [5.41, 5.74) is 2.61. The zero-order valence-corrected chi connectivity index (χ0v) is 18.4. The van der Waals surface area contributed by atoms with E-state index in [1.165, 1.54) is 0 Å². The van der Waals surface area contributed by atoms with Gasteiger partial charge in [0.1, 0.15) is 0 Å². The summed E-state index contributed by atoms with van der Waals surface area (Å²) in [6.07, 6.45) is 2.37. The standard InChI is InChI=1S/C23H28N2O4S/c1-4-21(26)24-18-9-11-19(12-10-18)25-22(27)23(13-5-6-14-23)30(28,29)20-15-16(2)7-8-17(20)3/h7-12,15H,4-6,13-14H2,1-3H3,(H,24,26)(H,25,27). The molecular formula is C23H28N2O4S. The lowest BCUT2D eigenvalue weighted by atomic mass is 10.1. The summed E-state index contributed by atoms with van der Waals surface area (Å²) >= 11 is 0. The van der Waals surface area contributed by atoms with Crippen LogP contribution in [-0.2, 0) is 19.4 Å². The van der Waals surface area contributed by atoms with Gasteiger partial charge in [-0.3, -0.25) is 9.59 Å². The van der Waals surface area contributed by atoms with E-state index in [2.05, 4.69) is 10.6 Å². The highest BCUT2D eigenvalue weighted by Crippen LogP contribution is 2.42. The second-order valence-corrected chi connectivity index (χ2v) is 10.1. The van der Waals surface area contributed by atoms with Crippen molar-refractivity contribution in [1.29, 1.82) is 0 Å². The Hall–Kier alpha value is -2.67. The van der Waals surface area contributed by atoms with Crippen LogP contribution in [0.4, 0.5) is 11.4 Å². The number of benzene rings is 2. The molecule has 6 nitrogen and oxygen atoms in total. The average molecular weight is 429 g/mol. The first-order chi connectivity index (χ1) is 14.2. The van der Waals surface area contributed by atoms with Crippen LogP contribution >= 0.6 is 0 Å². The van der Waals surface area contributed by atoms with Gasteiger partial charge in [-0.25, -0.2) is 8.42 Å². The molecule has 7 heteroatoms. The minimum Gasteiger partial charge on any atom is -0.326 e. The van der Waals surface area contributed by atoms with E-state index in [4.69, 9.17) is 0 Å². The van der Waals surface area contributed by atoms with Crippen molar-refractivity contribution in [2.24, 2.45) is 0 Å². The molecule has 160 valence electrons. The molecular weight excluding hydrogens is 400 g/mol. The Morgan fingerprint density at radius 2 is 1.50 bits per heavy atom. The summed E-state index contributed by atoms with van der Waals surface area (Å²) < 4.78 is 25.9. The Bertz CT molecular complexity index is 1050. The molecule has 2 N–H and O–H groups in total. The summed E-state index contributed by atoms with van der Waals surface area (Å²) in [4.78, 5) is 25.0. The molecule has 1 aliphatic carbocycles. The lowest BCUT2D eigenvalue weighted by molar-refractivity contribution is -0.118. The molecule has 2 amide bonds. The van der Waals surface area contributed by atoms with Gasteiger partial charge in [-0.15, -0.1) is 0 Å². The minimum absolute atomic E-state index is 0.101. The van der Waals surface area contributed by atoms with E-state index in [1.54, 1.807) is 50.2 Å². The zero-order valence-electron chi connectivity index (χ0n) is 17.6. The first kappa shape index (κ1) is 22.0. The van der Waals surface area contributed by atoms with Crippen LogP contribution in [0.2, 0.25) is 0 Å². The highest BCUT2D eigenvalue weighted by Gasteiger charge is 2.53. The summed E-state index contributed by atoms with van der Waals surface area (Å²) in [6, 6.07) is 12.0. The lowest BCUT2D eigenvalue weighted by Crippen LogP contribution is -2.47. The Morgan fingerprint density at radius 3 is 2.07 bits per heavy atom. The summed E-state index contributed by atoms with van der Waals surface area (Å²) in [5.74, 6) is -0.595. The van der Waals surface area contributed by atoms with E-state index < -0.39 is 20.5 Å². The smallest absolute Gasteiger partial charge is 0.246 e. The fraction of sp³-hybridized carbons (Fsp3) is 0.391. The maximum atomic E-state index is 13.7. The largest absolute Gasteiger partial charge is 0.326 e. The van der Waals surface area contributed by atoms with Crippen molar-refractivity contribution in [2.45, 2.75) is 62.5 Å². The Balaban J connectivity index is 1.89. The van der Waals surface area contributed by atoms with Crippen molar-refractivity contribution in [3.8, 4) is 0 Å². The van der Waals surface area contributed by atoms with Gasteiger partial charge in [0.2, 0.25) is 11.8 Å². The van der Waals surface area contributed by atoms with E-state index in [0.29, 0.717) is 49.0 Å². The minimum atomic E-state index is -3.87. The van der Waals surface area contributed by atoms with Crippen LogP contribution in [0.3, 0.4) is 0 Å². The van der Waals surface area contributed by atoms with Crippen LogP contribution in [0.25, 0.3) is 0 Å². The Kier molecular flexibility index (Phi) is 6.31. The summed E-state index contributed by atoms with van der Waals surface area (Å²) in [5, 5.41) is 5.54. The van der Waals surface area contributed by atoms with Gasteiger partial charge in [-0.05, 0) is 68.1 Å². The van der Waals surface area contributed by atoms with Gasteiger partial charge in [-0.2, -0.15) is 0 Å². The van der Waals surface area contributed by atoms with Crippen molar-refractivity contribution in [2.75, 3.05) is 10.6 Å². The van der Waals surface area contributed by atoms with Crippen LogP contribution in [0, 0.1) is 13.8 Å².